The third kappa shape index (κ3) is 2.83. The van der Waals surface area contributed by atoms with Crippen molar-refractivity contribution in [2.75, 3.05) is 0 Å². The fraction of sp³-hybridized carbons (Fsp3) is 0. The highest BCUT2D eigenvalue weighted by molar-refractivity contribution is 6.10. The molecule has 0 amide bonds. The monoisotopic (exact) mass is 424 g/mol. The van der Waals surface area contributed by atoms with Crippen LogP contribution < -0.4 is 4.74 Å². The highest BCUT2D eigenvalue weighted by Crippen LogP contribution is 2.36. The molecule has 7 aromatic rings. The van der Waals surface area contributed by atoms with E-state index in [4.69, 9.17) is 4.74 Å². The van der Waals surface area contributed by atoms with E-state index in [1.54, 1.807) is 0 Å². The number of rotatable bonds is 3. The van der Waals surface area contributed by atoms with Crippen LogP contribution >= 0.6 is 0 Å². The van der Waals surface area contributed by atoms with Gasteiger partial charge >= 0.3 is 0 Å². The molecule has 0 unspecified atom stereocenters. The van der Waals surface area contributed by atoms with Gasteiger partial charge in [-0.05, 0) is 48.5 Å². The summed E-state index contributed by atoms with van der Waals surface area (Å²) in [6.07, 6.45) is 0. The molecule has 0 spiro atoms. The van der Waals surface area contributed by atoms with Crippen molar-refractivity contribution in [2.45, 2.75) is 0 Å². The van der Waals surface area contributed by atoms with Crippen LogP contribution in [-0.4, -0.2) is 9.55 Å². The fourth-order valence-corrected chi connectivity index (χ4v) is 4.90. The van der Waals surface area contributed by atoms with E-state index in [1.807, 2.05) is 12.1 Å². The van der Waals surface area contributed by atoms with Crippen molar-refractivity contribution < 1.29 is 4.74 Å². The van der Waals surface area contributed by atoms with Gasteiger partial charge in [0.25, 0.3) is 0 Å². The smallest absolute Gasteiger partial charge is 0.129 e. The Hall–Kier alpha value is -4.50. The van der Waals surface area contributed by atoms with Crippen LogP contribution in [-0.2, 0) is 0 Å². The number of benzene rings is 5. The molecular weight excluding hydrogens is 404 g/mol. The predicted molar refractivity (Wildman–Crippen MR) is 137 cm³/mol. The minimum atomic E-state index is 0.816. The second-order valence-corrected chi connectivity index (χ2v) is 8.35. The molecule has 0 fully saturated rings. The number of aromatic amines is 1. The molecule has 156 valence electrons. The zero-order valence-electron chi connectivity index (χ0n) is 17.8. The molecule has 0 atom stereocenters. The highest BCUT2D eigenvalue weighted by Gasteiger charge is 2.13. The van der Waals surface area contributed by atoms with Crippen molar-refractivity contribution in [3.05, 3.63) is 115 Å². The zero-order chi connectivity index (χ0) is 21.8. The Morgan fingerprint density at radius 2 is 1.12 bits per heavy atom. The fourth-order valence-electron chi connectivity index (χ4n) is 4.90. The highest BCUT2D eigenvalue weighted by atomic mass is 16.5. The third-order valence-electron chi connectivity index (χ3n) is 6.37. The number of H-pyrrole nitrogens is 1. The second kappa shape index (κ2) is 7.01. The molecule has 0 saturated heterocycles. The summed E-state index contributed by atoms with van der Waals surface area (Å²) < 4.78 is 8.65. The van der Waals surface area contributed by atoms with Gasteiger partial charge < -0.3 is 14.3 Å². The summed E-state index contributed by atoms with van der Waals surface area (Å²) in [7, 11) is 0. The summed E-state index contributed by atoms with van der Waals surface area (Å²) in [5, 5.41) is 4.89. The lowest BCUT2D eigenvalue weighted by Crippen LogP contribution is -1.93. The topological polar surface area (TPSA) is 29.9 Å². The van der Waals surface area contributed by atoms with Crippen LogP contribution in [0.15, 0.2) is 115 Å². The van der Waals surface area contributed by atoms with Crippen LogP contribution in [0.5, 0.6) is 11.5 Å². The van der Waals surface area contributed by atoms with E-state index in [0.717, 1.165) is 33.7 Å². The van der Waals surface area contributed by atoms with Crippen molar-refractivity contribution in [3.63, 3.8) is 0 Å². The van der Waals surface area contributed by atoms with Gasteiger partial charge in [0.05, 0.1) is 16.6 Å². The van der Waals surface area contributed by atoms with E-state index in [-0.39, 0.29) is 0 Å². The summed E-state index contributed by atoms with van der Waals surface area (Å²) in [5.74, 6) is 1.63. The molecule has 0 bridgehead atoms. The van der Waals surface area contributed by atoms with E-state index < -0.39 is 0 Å². The molecule has 3 nitrogen and oxygen atoms in total. The van der Waals surface area contributed by atoms with Crippen molar-refractivity contribution >= 4 is 43.6 Å². The Bertz CT molecular complexity index is 1790. The average molecular weight is 425 g/mol. The molecule has 0 saturated carbocycles. The number of para-hydroxylation sites is 3. The van der Waals surface area contributed by atoms with Crippen LogP contribution in [0, 0.1) is 0 Å². The SMILES string of the molecule is c1ccc(-n2c3ccccc3c3ccc(Oc4ccc5c(c4)[nH]c4ccccc45)cc32)cc1. The van der Waals surface area contributed by atoms with Crippen LogP contribution in [0.3, 0.4) is 0 Å². The summed E-state index contributed by atoms with van der Waals surface area (Å²) in [5.41, 5.74) is 5.67. The van der Waals surface area contributed by atoms with Gasteiger partial charge in [-0.2, -0.15) is 0 Å². The van der Waals surface area contributed by atoms with Crippen LogP contribution in [0.4, 0.5) is 0 Å². The first kappa shape index (κ1) is 18.1. The first-order valence-corrected chi connectivity index (χ1v) is 11.1. The lowest BCUT2D eigenvalue weighted by atomic mass is 10.1. The largest absolute Gasteiger partial charge is 0.457 e. The quantitative estimate of drug-likeness (QED) is 0.304. The minimum absolute atomic E-state index is 0.816. The summed E-state index contributed by atoms with van der Waals surface area (Å²) >= 11 is 0. The number of ether oxygens (including phenoxy) is 1. The number of hydrogen-bond acceptors (Lipinski definition) is 1. The lowest BCUT2D eigenvalue weighted by Gasteiger charge is -2.09. The molecule has 1 N–H and O–H groups in total. The molecule has 0 aliphatic heterocycles. The Morgan fingerprint density at radius 3 is 2.00 bits per heavy atom. The summed E-state index contributed by atoms with van der Waals surface area (Å²) in [4.78, 5) is 3.50. The minimum Gasteiger partial charge on any atom is -0.457 e. The first-order chi connectivity index (χ1) is 16.3. The molecule has 2 heterocycles. The van der Waals surface area contributed by atoms with E-state index in [9.17, 15) is 0 Å². The first-order valence-electron chi connectivity index (χ1n) is 11.1. The van der Waals surface area contributed by atoms with E-state index in [2.05, 4.69) is 113 Å². The van der Waals surface area contributed by atoms with Gasteiger partial charge in [0, 0.05) is 44.9 Å². The van der Waals surface area contributed by atoms with Crippen LogP contribution in [0.25, 0.3) is 49.3 Å². The molecule has 0 radical (unpaired) electrons. The lowest BCUT2D eigenvalue weighted by molar-refractivity contribution is 0.484. The molecule has 2 aromatic heterocycles. The Kier molecular flexibility index (Phi) is 3.84. The van der Waals surface area contributed by atoms with Gasteiger partial charge in [-0.3, -0.25) is 0 Å². The molecule has 33 heavy (non-hydrogen) atoms. The van der Waals surface area contributed by atoms with Gasteiger partial charge in [0.1, 0.15) is 11.5 Å². The molecule has 7 rings (SSSR count). The van der Waals surface area contributed by atoms with E-state index >= 15 is 0 Å². The van der Waals surface area contributed by atoms with Crippen molar-refractivity contribution in [3.8, 4) is 17.2 Å². The van der Waals surface area contributed by atoms with Gasteiger partial charge in [-0.1, -0.05) is 54.6 Å². The van der Waals surface area contributed by atoms with Crippen molar-refractivity contribution in [1.82, 2.24) is 9.55 Å². The molecule has 3 heteroatoms. The Balaban J connectivity index is 1.37. The number of nitrogens with zero attached hydrogens (tertiary/aromatic N) is 1. The maximum atomic E-state index is 6.34. The number of hydrogen-bond donors (Lipinski definition) is 1. The van der Waals surface area contributed by atoms with Crippen LogP contribution in [0.2, 0.25) is 0 Å². The van der Waals surface area contributed by atoms with Gasteiger partial charge in [0.2, 0.25) is 0 Å². The van der Waals surface area contributed by atoms with Gasteiger partial charge in [-0.25, -0.2) is 0 Å². The van der Waals surface area contributed by atoms with Gasteiger partial charge in [-0.15, -0.1) is 0 Å². The standard InChI is InChI=1S/C30H20N2O/c1-2-8-20(9-3-1)32-29-13-7-5-11-25(29)26-17-15-22(19-30(26)32)33-21-14-16-24-23-10-4-6-12-27(23)31-28(24)18-21/h1-19,31H. The normalized spacial score (nSPS) is 11.6. The number of aromatic nitrogens is 2. The Labute approximate surface area is 190 Å². The third-order valence-corrected chi connectivity index (χ3v) is 6.37. The van der Waals surface area contributed by atoms with Crippen molar-refractivity contribution in [2.24, 2.45) is 0 Å². The van der Waals surface area contributed by atoms with Gasteiger partial charge in [0.15, 0.2) is 0 Å². The predicted octanol–water partition coefficient (Wildman–Crippen LogP) is 8.21. The number of nitrogens with one attached hydrogen (secondary N) is 1. The number of fused-ring (bicyclic) bond motifs is 6. The zero-order valence-corrected chi connectivity index (χ0v) is 17.8. The maximum absolute atomic E-state index is 6.34. The van der Waals surface area contributed by atoms with Crippen molar-refractivity contribution in [1.29, 1.82) is 0 Å². The van der Waals surface area contributed by atoms with Crippen LogP contribution in [0.1, 0.15) is 0 Å². The van der Waals surface area contributed by atoms with E-state index in [1.165, 1.54) is 27.1 Å². The molecule has 0 aliphatic carbocycles. The second-order valence-electron chi connectivity index (χ2n) is 8.35. The summed E-state index contributed by atoms with van der Waals surface area (Å²) in [6, 6.07) is 40.0. The summed E-state index contributed by atoms with van der Waals surface area (Å²) in [6.45, 7) is 0. The average Bonchev–Trinajstić information content (AvgIpc) is 3.39. The maximum Gasteiger partial charge on any atom is 0.129 e. The molecule has 0 aliphatic rings. The Morgan fingerprint density at radius 1 is 0.485 bits per heavy atom. The molecular formula is C30H20N2O. The van der Waals surface area contributed by atoms with E-state index in [0.29, 0.717) is 0 Å². The molecule has 5 aromatic carbocycles.